The second kappa shape index (κ2) is 7.72. The summed E-state index contributed by atoms with van der Waals surface area (Å²) in [7, 11) is 0. The SMILES string of the molecule is CCCCc1ccc2cc(C3CCc4c(cc(F)c(C#N)c4F)C3)ccc2c1. The molecule has 0 heterocycles. The van der Waals surface area contributed by atoms with Crippen LogP contribution in [0.5, 0.6) is 0 Å². The second-order valence-corrected chi connectivity index (χ2v) is 7.78. The smallest absolute Gasteiger partial charge is 0.147 e. The Morgan fingerprint density at radius 3 is 2.64 bits per heavy atom. The Morgan fingerprint density at radius 1 is 1.07 bits per heavy atom. The Bertz CT molecular complexity index is 1080. The normalized spacial score (nSPS) is 16.0. The predicted molar refractivity (Wildman–Crippen MR) is 108 cm³/mol. The summed E-state index contributed by atoms with van der Waals surface area (Å²) in [5.74, 6) is -1.19. The van der Waals surface area contributed by atoms with Gasteiger partial charge in [0.25, 0.3) is 0 Å². The van der Waals surface area contributed by atoms with Gasteiger partial charge in [-0.15, -0.1) is 0 Å². The lowest BCUT2D eigenvalue weighted by Crippen LogP contribution is -2.16. The highest BCUT2D eigenvalue weighted by Gasteiger charge is 2.26. The first-order chi connectivity index (χ1) is 13.6. The number of nitriles is 1. The summed E-state index contributed by atoms with van der Waals surface area (Å²) in [4.78, 5) is 0. The molecule has 3 aromatic carbocycles. The van der Waals surface area contributed by atoms with Crippen LogP contribution in [0.25, 0.3) is 10.8 Å². The van der Waals surface area contributed by atoms with Crippen LogP contribution in [0.1, 0.15) is 59.9 Å². The van der Waals surface area contributed by atoms with E-state index in [1.165, 1.54) is 40.8 Å². The minimum atomic E-state index is -0.752. The number of rotatable bonds is 4. The first-order valence-corrected chi connectivity index (χ1v) is 10.0. The maximum atomic E-state index is 14.4. The molecule has 0 amide bonds. The van der Waals surface area contributed by atoms with E-state index in [-0.39, 0.29) is 5.92 Å². The van der Waals surface area contributed by atoms with Crippen molar-refractivity contribution in [1.82, 2.24) is 0 Å². The van der Waals surface area contributed by atoms with E-state index in [0.29, 0.717) is 24.0 Å². The molecule has 0 N–H and O–H groups in total. The van der Waals surface area contributed by atoms with Gasteiger partial charge in [0.05, 0.1) is 0 Å². The molecule has 3 heteroatoms. The third-order valence-electron chi connectivity index (χ3n) is 5.95. The molecule has 0 fully saturated rings. The summed E-state index contributed by atoms with van der Waals surface area (Å²) >= 11 is 0. The fourth-order valence-corrected chi connectivity index (χ4v) is 4.34. The summed E-state index contributed by atoms with van der Waals surface area (Å²) in [6.07, 6.45) is 5.45. The number of benzene rings is 3. The van der Waals surface area contributed by atoms with E-state index < -0.39 is 17.2 Å². The van der Waals surface area contributed by atoms with E-state index in [2.05, 4.69) is 43.3 Å². The van der Waals surface area contributed by atoms with Crippen LogP contribution >= 0.6 is 0 Å². The van der Waals surface area contributed by atoms with E-state index >= 15 is 0 Å². The van der Waals surface area contributed by atoms with Crippen molar-refractivity contribution in [2.75, 3.05) is 0 Å². The third-order valence-corrected chi connectivity index (χ3v) is 5.95. The van der Waals surface area contributed by atoms with Crippen LogP contribution in [-0.4, -0.2) is 0 Å². The monoisotopic (exact) mass is 375 g/mol. The number of hydrogen-bond donors (Lipinski definition) is 0. The van der Waals surface area contributed by atoms with Crippen molar-refractivity contribution in [2.24, 2.45) is 0 Å². The molecule has 4 rings (SSSR count). The molecule has 28 heavy (non-hydrogen) atoms. The van der Waals surface area contributed by atoms with Gasteiger partial charge >= 0.3 is 0 Å². The lowest BCUT2D eigenvalue weighted by Gasteiger charge is -2.26. The minimum Gasteiger partial charge on any atom is -0.205 e. The molecule has 0 saturated heterocycles. The Morgan fingerprint density at radius 2 is 1.86 bits per heavy atom. The van der Waals surface area contributed by atoms with Gasteiger partial charge in [0, 0.05) is 0 Å². The highest BCUT2D eigenvalue weighted by Crippen LogP contribution is 2.36. The summed E-state index contributed by atoms with van der Waals surface area (Å²) in [5.41, 5.74) is 3.33. The van der Waals surface area contributed by atoms with Crippen LogP contribution in [0, 0.1) is 23.0 Å². The summed E-state index contributed by atoms with van der Waals surface area (Å²) in [5, 5.41) is 11.4. The van der Waals surface area contributed by atoms with Crippen molar-refractivity contribution in [3.05, 3.63) is 81.9 Å². The summed E-state index contributed by atoms with van der Waals surface area (Å²) in [6.45, 7) is 2.20. The summed E-state index contributed by atoms with van der Waals surface area (Å²) < 4.78 is 28.5. The van der Waals surface area contributed by atoms with E-state index in [4.69, 9.17) is 5.26 Å². The van der Waals surface area contributed by atoms with Crippen molar-refractivity contribution in [2.45, 2.75) is 51.4 Å². The molecule has 0 aliphatic heterocycles. The van der Waals surface area contributed by atoms with Crippen molar-refractivity contribution in [1.29, 1.82) is 5.26 Å². The standard InChI is InChI=1S/C25H23F2N/c1-2-3-4-16-5-6-18-12-19(8-7-17(18)11-16)20-9-10-22-21(13-20)14-24(26)23(15-28)25(22)27/h5-8,11-12,14,20H,2-4,9-10,13H2,1H3. The highest BCUT2D eigenvalue weighted by atomic mass is 19.1. The van der Waals surface area contributed by atoms with Crippen LogP contribution in [-0.2, 0) is 19.3 Å². The maximum Gasteiger partial charge on any atom is 0.147 e. The Labute approximate surface area is 164 Å². The molecule has 1 unspecified atom stereocenters. The van der Waals surface area contributed by atoms with Crippen LogP contribution in [0.2, 0.25) is 0 Å². The number of hydrogen-bond acceptors (Lipinski definition) is 1. The first kappa shape index (κ1) is 18.6. The number of nitrogens with zero attached hydrogens (tertiary/aromatic N) is 1. The molecular formula is C25H23F2N. The van der Waals surface area contributed by atoms with E-state index in [9.17, 15) is 8.78 Å². The number of aryl methyl sites for hydroxylation is 1. The molecule has 0 spiro atoms. The first-order valence-electron chi connectivity index (χ1n) is 10.0. The largest absolute Gasteiger partial charge is 0.205 e. The molecule has 0 bridgehead atoms. The zero-order valence-electron chi connectivity index (χ0n) is 16.1. The molecule has 1 aliphatic rings. The van der Waals surface area contributed by atoms with Crippen LogP contribution in [0.4, 0.5) is 8.78 Å². The second-order valence-electron chi connectivity index (χ2n) is 7.78. The van der Waals surface area contributed by atoms with Crippen molar-refractivity contribution in [3.8, 4) is 6.07 Å². The van der Waals surface area contributed by atoms with Gasteiger partial charge in [0.2, 0.25) is 0 Å². The fourth-order valence-electron chi connectivity index (χ4n) is 4.34. The van der Waals surface area contributed by atoms with Crippen LogP contribution < -0.4 is 0 Å². The number of unbranched alkanes of at least 4 members (excludes halogenated alkanes) is 1. The topological polar surface area (TPSA) is 23.8 Å². The van der Waals surface area contributed by atoms with Crippen molar-refractivity contribution >= 4 is 10.8 Å². The Kier molecular flexibility index (Phi) is 5.13. The fraction of sp³-hybridized carbons (Fsp3) is 0.320. The molecular weight excluding hydrogens is 352 g/mol. The highest BCUT2D eigenvalue weighted by molar-refractivity contribution is 5.84. The van der Waals surface area contributed by atoms with Gasteiger partial charge in [0.1, 0.15) is 23.3 Å². The Balaban J connectivity index is 1.62. The molecule has 1 nitrogen and oxygen atoms in total. The van der Waals surface area contributed by atoms with Gasteiger partial charge in [0.15, 0.2) is 0 Å². The van der Waals surface area contributed by atoms with Gasteiger partial charge in [-0.25, -0.2) is 8.78 Å². The van der Waals surface area contributed by atoms with Crippen molar-refractivity contribution in [3.63, 3.8) is 0 Å². The van der Waals surface area contributed by atoms with Gasteiger partial charge in [-0.1, -0.05) is 49.7 Å². The van der Waals surface area contributed by atoms with Crippen LogP contribution in [0.15, 0.2) is 42.5 Å². The minimum absolute atomic E-state index is 0.239. The quantitative estimate of drug-likeness (QED) is 0.504. The third kappa shape index (κ3) is 3.40. The molecule has 0 aromatic heterocycles. The zero-order chi connectivity index (χ0) is 19.7. The van der Waals surface area contributed by atoms with E-state index in [1.807, 2.05) is 0 Å². The van der Waals surface area contributed by atoms with E-state index in [0.717, 1.165) is 12.8 Å². The van der Waals surface area contributed by atoms with Gasteiger partial charge in [-0.05, 0) is 77.1 Å². The predicted octanol–water partition coefficient (Wildman–Crippen LogP) is 6.60. The molecule has 0 radical (unpaired) electrons. The lowest BCUT2D eigenvalue weighted by molar-refractivity contribution is 0.520. The van der Waals surface area contributed by atoms with Gasteiger partial charge in [-0.3, -0.25) is 0 Å². The average molecular weight is 375 g/mol. The van der Waals surface area contributed by atoms with Gasteiger partial charge < -0.3 is 0 Å². The number of halogens is 2. The Hall–Kier alpha value is -2.73. The zero-order valence-corrected chi connectivity index (χ0v) is 16.1. The van der Waals surface area contributed by atoms with Crippen molar-refractivity contribution < 1.29 is 8.78 Å². The molecule has 0 saturated carbocycles. The molecule has 1 aliphatic carbocycles. The van der Waals surface area contributed by atoms with Gasteiger partial charge in [-0.2, -0.15) is 5.26 Å². The molecule has 3 aromatic rings. The number of fused-ring (bicyclic) bond motifs is 2. The molecule has 142 valence electrons. The average Bonchev–Trinajstić information content (AvgIpc) is 2.71. The maximum absolute atomic E-state index is 14.4. The van der Waals surface area contributed by atoms with E-state index in [1.54, 1.807) is 6.07 Å². The molecule has 1 atom stereocenters. The summed E-state index contributed by atoms with van der Waals surface area (Å²) in [6, 6.07) is 16.2. The lowest BCUT2D eigenvalue weighted by atomic mass is 9.79. The van der Waals surface area contributed by atoms with Crippen LogP contribution in [0.3, 0.4) is 0 Å².